The summed E-state index contributed by atoms with van der Waals surface area (Å²) in [6, 6.07) is 3.21. The largest absolute Gasteiger partial charge is 0.380 e. The zero-order valence-electron chi connectivity index (χ0n) is 11.6. The molecule has 0 aromatic carbocycles. The van der Waals surface area contributed by atoms with E-state index in [0.717, 1.165) is 6.54 Å². The number of rotatable bonds is 8. The topological polar surface area (TPSA) is 71.5 Å². The van der Waals surface area contributed by atoms with Crippen LogP contribution in [-0.2, 0) is 14.8 Å². The molecule has 1 N–H and O–H groups in total. The van der Waals surface area contributed by atoms with Crippen molar-refractivity contribution in [2.45, 2.75) is 18.7 Å². The second-order valence-corrected chi connectivity index (χ2v) is 5.98. The lowest BCUT2D eigenvalue weighted by molar-refractivity contribution is 0.138. The molecule has 108 valence electrons. The molecule has 1 rings (SSSR count). The summed E-state index contributed by atoms with van der Waals surface area (Å²) in [7, 11) is -1.95. The summed E-state index contributed by atoms with van der Waals surface area (Å²) in [5.41, 5.74) is 0. The Kier molecular flexibility index (Phi) is 6.20. The number of likely N-dealkylation sites (N-methyl/N-ethyl adjacent to an activating group) is 1. The number of pyridine rings is 1. The number of hydrogen-bond acceptors (Lipinski definition) is 5. The third-order valence-corrected chi connectivity index (χ3v) is 4.40. The zero-order valence-corrected chi connectivity index (χ0v) is 12.4. The molecule has 0 atom stereocenters. The van der Waals surface area contributed by atoms with Gasteiger partial charge in [0, 0.05) is 32.9 Å². The standard InChI is InChI=1S/C12H21N3O3S/c1-4-13-12-7-6-11(10-14-12)19(16,17)15(3)8-9-18-5-2/h6-7,10H,4-5,8-9H2,1-3H3,(H,13,14). The van der Waals surface area contributed by atoms with Crippen molar-refractivity contribution >= 4 is 15.8 Å². The van der Waals surface area contributed by atoms with Crippen molar-refractivity contribution in [3.8, 4) is 0 Å². The minimum absolute atomic E-state index is 0.188. The van der Waals surface area contributed by atoms with Gasteiger partial charge in [0.15, 0.2) is 0 Å². The maximum atomic E-state index is 12.2. The Labute approximate surface area is 114 Å². The minimum atomic E-state index is -3.49. The maximum absolute atomic E-state index is 12.2. The average Bonchev–Trinajstić information content (AvgIpc) is 2.40. The Morgan fingerprint density at radius 2 is 2.11 bits per heavy atom. The van der Waals surface area contributed by atoms with E-state index < -0.39 is 10.0 Å². The van der Waals surface area contributed by atoms with Crippen LogP contribution in [0.2, 0.25) is 0 Å². The molecule has 0 amide bonds. The molecule has 7 heteroatoms. The fourth-order valence-electron chi connectivity index (χ4n) is 1.46. The van der Waals surface area contributed by atoms with Gasteiger partial charge in [-0.2, -0.15) is 4.31 Å². The van der Waals surface area contributed by atoms with Crippen LogP contribution in [0.5, 0.6) is 0 Å². The van der Waals surface area contributed by atoms with Crippen molar-refractivity contribution in [2.75, 3.05) is 38.7 Å². The number of ether oxygens (including phenoxy) is 1. The smallest absolute Gasteiger partial charge is 0.244 e. The second kappa shape index (κ2) is 7.42. The molecule has 1 heterocycles. The molecule has 0 saturated heterocycles. The van der Waals surface area contributed by atoms with Gasteiger partial charge < -0.3 is 10.1 Å². The number of anilines is 1. The van der Waals surface area contributed by atoms with Crippen LogP contribution >= 0.6 is 0 Å². The number of aromatic nitrogens is 1. The highest BCUT2D eigenvalue weighted by molar-refractivity contribution is 7.89. The van der Waals surface area contributed by atoms with E-state index in [-0.39, 0.29) is 4.90 Å². The van der Waals surface area contributed by atoms with Gasteiger partial charge in [-0.1, -0.05) is 0 Å². The van der Waals surface area contributed by atoms with E-state index in [9.17, 15) is 8.42 Å². The highest BCUT2D eigenvalue weighted by Gasteiger charge is 2.20. The summed E-state index contributed by atoms with van der Waals surface area (Å²) in [6.45, 7) is 5.85. The third-order valence-electron chi connectivity index (χ3n) is 2.56. The summed E-state index contributed by atoms with van der Waals surface area (Å²) in [6.07, 6.45) is 1.37. The lowest BCUT2D eigenvalue weighted by Gasteiger charge is -2.17. The van der Waals surface area contributed by atoms with Crippen LogP contribution in [0, 0.1) is 0 Å². The summed E-state index contributed by atoms with van der Waals surface area (Å²) >= 11 is 0. The van der Waals surface area contributed by atoms with Crippen molar-refractivity contribution in [1.29, 1.82) is 0 Å². The van der Waals surface area contributed by atoms with Gasteiger partial charge in [-0.3, -0.25) is 0 Å². The number of nitrogens with zero attached hydrogens (tertiary/aromatic N) is 2. The summed E-state index contributed by atoms with van der Waals surface area (Å²) in [5, 5.41) is 3.02. The van der Waals surface area contributed by atoms with Crippen LogP contribution in [0.1, 0.15) is 13.8 Å². The molecule has 0 radical (unpaired) electrons. The lowest BCUT2D eigenvalue weighted by atomic mass is 10.4. The van der Waals surface area contributed by atoms with Gasteiger partial charge in [-0.25, -0.2) is 13.4 Å². The van der Waals surface area contributed by atoms with Crippen molar-refractivity contribution in [2.24, 2.45) is 0 Å². The van der Waals surface area contributed by atoms with E-state index in [1.165, 1.54) is 17.5 Å². The molecule has 0 spiro atoms. The summed E-state index contributed by atoms with van der Waals surface area (Å²) in [4.78, 5) is 4.25. The van der Waals surface area contributed by atoms with Crippen LogP contribution < -0.4 is 5.32 Å². The molecule has 0 aliphatic carbocycles. The first-order valence-corrected chi connectivity index (χ1v) is 7.70. The van der Waals surface area contributed by atoms with E-state index in [0.29, 0.717) is 25.6 Å². The predicted molar refractivity (Wildman–Crippen MR) is 74.7 cm³/mol. The van der Waals surface area contributed by atoms with E-state index in [1.807, 2.05) is 13.8 Å². The van der Waals surface area contributed by atoms with Gasteiger partial charge in [0.1, 0.15) is 10.7 Å². The lowest BCUT2D eigenvalue weighted by Crippen LogP contribution is -2.30. The molecule has 0 aliphatic rings. The van der Waals surface area contributed by atoms with Crippen LogP contribution in [0.25, 0.3) is 0 Å². The Balaban J connectivity index is 2.75. The first-order chi connectivity index (χ1) is 9.02. The highest BCUT2D eigenvalue weighted by Crippen LogP contribution is 2.14. The van der Waals surface area contributed by atoms with Gasteiger partial charge in [0.2, 0.25) is 10.0 Å². The molecule has 0 bridgehead atoms. The van der Waals surface area contributed by atoms with Crippen molar-refractivity contribution < 1.29 is 13.2 Å². The molecule has 1 aromatic heterocycles. The van der Waals surface area contributed by atoms with Crippen LogP contribution in [0.15, 0.2) is 23.2 Å². The Hall–Kier alpha value is -1.18. The first kappa shape index (κ1) is 15.9. The highest BCUT2D eigenvalue weighted by atomic mass is 32.2. The Bertz CT molecular complexity index is 473. The molecule has 0 fully saturated rings. The third kappa shape index (κ3) is 4.45. The van der Waals surface area contributed by atoms with E-state index in [1.54, 1.807) is 12.1 Å². The molecule has 0 saturated carbocycles. The monoisotopic (exact) mass is 287 g/mol. The molecular formula is C12H21N3O3S. The van der Waals surface area contributed by atoms with Crippen molar-refractivity contribution in [3.63, 3.8) is 0 Å². The van der Waals surface area contributed by atoms with Gasteiger partial charge in [-0.15, -0.1) is 0 Å². The van der Waals surface area contributed by atoms with Crippen molar-refractivity contribution in [3.05, 3.63) is 18.3 Å². The van der Waals surface area contributed by atoms with Crippen molar-refractivity contribution in [1.82, 2.24) is 9.29 Å². The number of nitrogens with one attached hydrogen (secondary N) is 1. The fourth-order valence-corrected chi connectivity index (χ4v) is 2.56. The van der Waals surface area contributed by atoms with E-state index >= 15 is 0 Å². The second-order valence-electron chi connectivity index (χ2n) is 3.93. The number of hydrogen-bond donors (Lipinski definition) is 1. The van der Waals surface area contributed by atoms with E-state index in [2.05, 4.69) is 10.3 Å². The molecule has 0 aliphatic heterocycles. The van der Waals surface area contributed by atoms with Gasteiger partial charge in [0.05, 0.1) is 6.61 Å². The van der Waals surface area contributed by atoms with E-state index in [4.69, 9.17) is 4.74 Å². The van der Waals surface area contributed by atoms with Gasteiger partial charge in [-0.05, 0) is 26.0 Å². The quantitative estimate of drug-likeness (QED) is 0.727. The van der Waals surface area contributed by atoms with Gasteiger partial charge >= 0.3 is 0 Å². The first-order valence-electron chi connectivity index (χ1n) is 6.26. The minimum Gasteiger partial charge on any atom is -0.380 e. The zero-order chi connectivity index (χ0) is 14.3. The SMILES string of the molecule is CCNc1ccc(S(=O)(=O)N(C)CCOCC)cn1. The molecule has 1 aromatic rings. The van der Waals surface area contributed by atoms with Crippen LogP contribution in [0.4, 0.5) is 5.82 Å². The van der Waals surface area contributed by atoms with Gasteiger partial charge in [0.25, 0.3) is 0 Å². The predicted octanol–water partition coefficient (Wildman–Crippen LogP) is 1.17. The normalized spacial score (nSPS) is 11.8. The molecule has 6 nitrogen and oxygen atoms in total. The van der Waals surface area contributed by atoms with Crippen LogP contribution in [0.3, 0.4) is 0 Å². The summed E-state index contributed by atoms with van der Waals surface area (Å²) in [5.74, 6) is 0.665. The number of sulfonamides is 1. The molecule has 0 unspecified atom stereocenters. The Morgan fingerprint density at radius 3 is 2.63 bits per heavy atom. The summed E-state index contributed by atoms with van der Waals surface area (Å²) < 4.78 is 30.8. The van der Waals surface area contributed by atoms with Crippen LogP contribution in [-0.4, -0.2) is 51.1 Å². The Morgan fingerprint density at radius 1 is 1.37 bits per heavy atom. The fraction of sp³-hybridized carbons (Fsp3) is 0.583. The average molecular weight is 287 g/mol. The molecular weight excluding hydrogens is 266 g/mol. The molecule has 19 heavy (non-hydrogen) atoms. The maximum Gasteiger partial charge on any atom is 0.244 e.